The lowest BCUT2D eigenvalue weighted by Crippen LogP contribution is -2.34. The van der Waals surface area contributed by atoms with Gasteiger partial charge in [0.15, 0.2) is 0 Å². The summed E-state index contributed by atoms with van der Waals surface area (Å²) in [7, 11) is 0. The van der Waals surface area contributed by atoms with Crippen LogP contribution in [0.5, 0.6) is 5.88 Å². The van der Waals surface area contributed by atoms with Gasteiger partial charge in [-0.05, 0) is 11.6 Å². The zero-order valence-electron chi connectivity index (χ0n) is 13.2. The number of hydrogen-bond donors (Lipinski definition) is 2. The van der Waals surface area contributed by atoms with Gasteiger partial charge in [-0.15, -0.1) is 0 Å². The van der Waals surface area contributed by atoms with Gasteiger partial charge in [0.05, 0.1) is 19.3 Å². The molecule has 3 rings (SSSR count). The molecule has 0 bridgehead atoms. The molecule has 0 aliphatic carbocycles. The maximum atomic E-state index is 12.2. The van der Waals surface area contributed by atoms with E-state index in [9.17, 15) is 9.90 Å². The Bertz CT molecular complexity index is 678. The molecule has 0 unspecified atom stereocenters. The average molecular weight is 328 g/mol. The van der Waals surface area contributed by atoms with Gasteiger partial charge in [0.25, 0.3) is 5.91 Å². The van der Waals surface area contributed by atoms with Gasteiger partial charge in [-0.3, -0.25) is 4.79 Å². The van der Waals surface area contributed by atoms with E-state index in [0.29, 0.717) is 37.8 Å². The molecule has 2 N–H and O–H groups in total. The summed E-state index contributed by atoms with van der Waals surface area (Å²) < 4.78 is 10.8. The number of pyridine rings is 1. The van der Waals surface area contributed by atoms with Crippen LogP contribution >= 0.6 is 0 Å². The molecule has 126 valence electrons. The minimum Gasteiger partial charge on any atom is -0.473 e. The van der Waals surface area contributed by atoms with Crippen molar-refractivity contribution in [3.8, 4) is 5.88 Å². The van der Waals surface area contributed by atoms with Crippen LogP contribution in [0.25, 0.3) is 0 Å². The van der Waals surface area contributed by atoms with Gasteiger partial charge in [0.2, 0.25) is 5.88 Å². The Kier molecular flexibility index (Phi) is 5.40. The molecule has 6 heteroatoms. The highest BCUT2D eigenvalue weighted by Gasteiger charge is 2.26. The maximum Gasteiger partial charge on any atom is 0.251 e. The first-order valence-electron chi connectivity index (χ1n) is 7.89. The van der Waals surface area contributed by atoms with Crippen LogP contribution in [0.4, 0.5) is 0 Å². The first-order chi connectivity index (χ1) is 11.7. The summed E-state index contributed by atoms with van der Waals surface area (Å²) in [5.41, 5.74) is 1.51. The number of amides is 1. The third-order valence-corrected chi connectivity index (χ3v) is 3.92. The SMILES string of the molecule is O=C(NC[C@H]1COC[C@H]1O)c1ccnc(OCc2ccccc2)c1. The van der Waals surface area contributed by atoms with Gasteiger partial charge in [-0.2, -0.15) is 0 Å². The van der Waals surface area contributed by atoms with E-state index in [1.54, 1.807) is 18.3 Å². The number of carbonyl (C=O) groups excluding carboxylic acids is 1. The normalized spacial score (nSPS) is 19.9. The monoisotopic (exact) mass is 328 g/mol. The molecule has 1 aromatic carbocycles. The Morgan fingerprint density at radius 1 is 1.29 bits per heavy atom. The molecule has 1 fully saturated rings. The Labute approximate surface area is 140 Å². The summed E-state index contributed by atoms with van der Waals surface area (Å²) in [6.07, 6.45) is 1.02. The van der Waals surface area contributed by atoms with Gasteiger partial charge in [-0.25, -0.2) is 4.98 Å². The number of rotatable bonds is 6. The van der Waals surface area contributed by atoms with E-state index >= 15 is 0 Å². The molecule has 0 radical (unpaired) electrons. The van der Waals surface area contributed by atoms with Gasteiger partial charge >= 0.3 is 0 Å². The summed E-state index contributed by atoms with van der Waals surface area (Å²) in [5.74, 6) is 0.112. The van der Waals surface area contributed by atoms with Crippen LogP contribution < -0.4 is 10.1 Å². The number of aliphatic hydroxyl groups excluding tert-OH is 1. The van der Waals surface area contributed by atoms with Crippen molar-refractivity contribution in [2.45, 2.75) is 12.7 Å². The van der Waals surface area contributed by atoms with Crippen molar-refractivity contribution in [2.24, 2.45) is 5.92 Å². The molecule has 1 aromatic heterocycles. The lowest BCUT2D eigenvalue weighted by Gasteiger charge is -2.13. The molecule has 1 aliphatic rings. The number of benzene rings is 1. The van der Waals surface area contributed by atoms with E-state index in [0.717, 1.165) is 5.56 Å². The number of hydrogen-bond acceptors (Lipinski definition) is 5. The topological polar surface area (TPSA) is 80.7 Å². The molecule has 1 aliphatic heterocycles. The number of nitrogens with one attached hydrogen (secondary N) is 1. The van der Waals surface area contributed by atoms with Crippen molar-refractivity contribution in [2.75, 3.05) is 19.8 Å². The number of aliphatic hydroxyl groups is 1. The van der Waals surface area contributed by atoms with Gasteiger partial charge in [0, 0.05) is 30.3 Å². The molecule has 2 heterocycles. The standard InChI is InChI=1S/C18H20N2O4/c21-16-12-23-11-15(16)9-20-18(22)14-6-7-19-17(8-14)24-10-13-4-2-1-3-5-13/h1-8,15-16,21H,9-12H2,(H,20,22)/t15-,16+/m0/s1. The molecular weight excluding hydrogens is 308 g/mol. The number of nitrogens with zero attached hydrogens (tertiary/aromatic N) is 1. The van der Waals surface area contributed by atoms with Crippen molar-refractivity contribution in [3.05, 3.63) is 59.8 Å². The summed E-state index contributed by atoms with van der Waals surface area (Å²) >= 11 is 0. The van der Waals surface area contributed by atoms with Crippen LogP contribution in [0, 0.1) is 5.92 Å². The fourth-order valence-electron chi connectivity index (χ4n) is 2.47. The fraction of sp³-hybridized carbons (Fsp3) is 0.333. The lowest BCUT2D eigenvalue weighted by atomic mass is 10.1. The predicted molar refractivity (Wildman–Crippen MR) is 87.7 cm³/mol. The van der Waals surface area contributed by atoms with E-state index in [2.05, 4.69) is 10.3 Å². The molecule has 0 spiro atoms. The predicted octanol–water partition coefficient (Wildman–Crippen LogP) is 1.40. The van der Waals surface area contributed by atoms with Crippen LogP contribution in [0.2, 0.25) is 0 Å². The van der Waals surface area contributed by atoms with Crippen LogP contribution in [-0.4, -0.2) is 41.9 Å². The van der Waals surface area contributed by atoms with Gasteiger partial charge in [0.1, 0.15) is 6.61 Å². The van der Waals surface area contributed by atoms with Crippen LogP contribution in [-0.2, 0) is 11.3 Å². The highest BCUT2D eigenvalue weighted by molar-refractivity contribution is 5.94. The van der Waals surface area contributed by atoms with E-state index in [-0.39, 0.29) is 11.8 Å². The van der Waals surface area contributed by atoms with Crippen LogP contribution in [0.1, 0.15) is 15.9 Å². The Balaban J connectivity index is 1.55. The van der Waals surface area contributed by atoms with Crippen molar-refractivity contribution in [1.82, 2.24) is 10.3 Å². The number of ether oxygens (including phenoxy) is 2. The minimum absolute atomic E-state index is 0.0652. The Hall–Kier alpha value is -2.44. The molecule has 1 amide bonds. The van der Waals surface area contributed by atoms with Gasteiger partial charge < -0.3 is 19.9 Å². The summed E-state index contributed by atoms with van der Waals surface area (Å²) in [6.45, 7) is 1.56. The van der Waals surface area contributed by atoms with E-state index in [4.69, 9.17) is 9.47 Å². The first-order valence-corrected chi connectivity index (χ1v) is 7.89. The van der Waals surface area contributed by atoms with Crippen molar-refractivity contribution in [1.29, 1.82) is 0 Å². The van der Waals surface area contributed by atoms with E-state index < -0.39 is 6.10 Å². The molecular formula is C18H20N2O4. The van der Waals surface area contributed by atoms with Crippen LogP contribution in [0.15, 0.2) is 48.7 Å². The molecule has 0 saturated carbocycles. The largest absolute Gasteiger partial charge is 0.473 e. The molecule has 24 heavy (non-hydrogen) atoms. The second-order valence-corrected chi connectivity index (χ2v) is 5.73. The Morgan fingerprint density at radius 2 is 2.12 bits per heavy atom. The quantitative estimate of drug-likeness (QED) is 0.838. The summed E-state index contributed by atoms with van der Waals surface area (Å²) in [4.78, 5) is 16.3. The molecule has 1 saturated heterocycles. The zero-order chi connectivity index (χ0) is 16.8. The van der Waals surface area contributed by atoms with Crippen molar-refractivity contribution < 1.29 is 19.4 Å². The highest BCUT2D eigenvalue weighted by atomic mass is 16.5. The molecule has 2 aromatic rings. The van der Waals surface area contributed by atoms with E-state index in [1.165, 1.54) is 0 Å². The molecule has 2 atom stereocenters. The smallest absolute Gasteiger partial charge is 0.251 e. The number of aromatic nitrogens is 1. The maximum absolute atomic E-state index is 12.2. The van der Waals surface area contributed by atoms with Gasteiger partial charge in [-0.1, -0.05) is 30.3 Å². The zero-order valence-corrected chi connectivity index (χ0v) is 13.2. The highest BCUT2D eigenvalue weighted by Crippen LogP contribution is 2.14. The Morgan fingerprint density at radius 3 is 2.88 bits per heavy atom. The van der Waals surface area contributed by atoms with Crippen LogP contribution in [0.3, 0.4) is 0 Å². The fourth-order valence-corrected chi connectivity index (χ4v) is 2.47. The molecule has 6 nitrogen and oxygen atoms in total. The third-order valence-electron chi connectivity index (χ3n) is 3.92. The summed E-state index contributed by atoms with van der Waals surface area (Å²) in [6, 6.07) is 13.0. The summed E-state index contributed by atoms with van der Waals surface area (Å²) in [5, 5.41) is 12.5. The first kappa shape index (κ1) is 16.4. The lowest BCUT2D eigenvalue weighted by molar-refractivity contribution is 0.0924. The van der Waals surface area contributed by atoms with Crippen molar-refractivity contribution in [3.63, 3.8) is 0 Å². The second-order valence-electron chi connectivity index (χ2n) is 5.73. The second kappa shape index (κ2) is 7.90. The minimum atomic E-state index is -0.521. The van der Waals surface area contributed by atoms with Crippen molar-refractivity contribution >= 4 is 5.91 Å². The number of carbonyl (C=O) groups is 1. The average Bonchev–Trinajstić information content (AvgIpc) is 3.04. The van der Waals surface area contributed by atoms with E-state index in [1.807, 2.05) is 30.3 Å². The third kappa shape index (κ3) is 4.31.